The van der Waals surface area contributed by atoms with Crippen LogP contribution in [-0.4, -0.2) is 29.0 Å². The number of halogens is 1. The Morgan fingerprint density at radius 1 is 1.23 bits per heavy atom. The number of para-hydroxylation sites is 1. The van der Waals surface area contributed by atoms with Crippen molar-refractivity contribution in [3.05, 3.63) is 29.3 Å². The lowest BCUT2D eigenvalue weighted by molar-refractivity contribution is 0.318. The largest absolute Gasteiger partial charge is 0.506 e. The van der Waals surface area contributed by atoms with Gasteiger partial charge in [0.25, 0.3) is 0 Å². The van der Waals surface area contributed by atoms with Crippen molar-refractivity contribution in [1.29, 1.82) is 0 Å². The molecule has 0 aromatic heterocycles. The molecule has 1 aromatic carbocycles. The summed E-state index contributed by atoms with van der Waals surface area (Å²) < 4.78 is 0. The minimum Gasteiger partial charge on any atom is -0.506 e. The molecule has 0 radical (unpaired) electrons. The lowest BCUT2D eigenvalue weighted by Crippen LogP contribution is -1.62. The van der Waals surface area contributed by atoms with Crippen LogP contribution in [0.2, 0.25) is 5.02 Å². The van der Waals surface area contributed by atoms with E-state index in [-0.39, 0.29) is 12.4 Å². The Hall–Kier alpha value is -0.770. The normalized spacial score (nSPS) is 7.46. The van der Waals surface area contributed by atoms with E-state index in [1.165, 1.54) is 0 Å². The number of hydrogen-bond acceptors (Lipinski definition) is 3. The highest BCUT2D eigenvalue weighted by atomic mass is 35.5. The third-order valence-electron chi connectivity index (χ3n) is 0.852. The van der Waals surface area contributed by atoms with Gasteiger partial charge in [0, 0.05) is 13.7 Å². The first kappa shape index (κ1) is 14.7. The van der Waals surface area contributed by atoms with Gasteiger partial charge in [-0.25, -0.2) is 0 Å². The van der Waals surface area contributed by atoms with Crippen LogP contribution in [0.15, 0.2) is 24.3 Å². The standard InChI is InChI=1S/C6H5ClO.C2H6O.CH4O/c7-5-3-1-2-4-6(5)8;1-2-3;1-2/h1-4,8H;3H,2H2,1H3;2H,1H3. The summed E-state index contributed by atoms with van der Waals surface area (Å²) in [4.78, 5) is 0. The number of benzene rings is 1. The third-order valence-corrected chi connectivity index (χ3v) is 1.17. The Morgan fingerprint density at radius 2 is 1.62 bits per heavy atom. The van der Waals surface area contributed by atoms with Crippen molar-refractivity contribution in [3.8, 4) is 5.75 Å². The number of hydrogen-bond donors (Lipinski definition) is 3. The maximum absolute atomic E-state index is 8.79. The summed E-state index contributed by atoms with van der Waals surface area (Å²) >= 11 is 5.46. The molecule has 76 valence electrons. The lowest BCUT2D eigenvalue weighted by Gasteiger charge is -1.89. The van der Waals surface area contributed by atoms with Crippen LogP contribution in [0.1, 0.15) is 6.92 Å². The molecule has 0 amide bonds. The first-order valence-electron chi connectivity index (χ1n) is 3.71. The van der Waals surface area contributed by atoms with E-state index in [1.807, 2.05) is 0 Å². The summed E-state index contributed by atoms with van der Waals surface area (Å²) in [6.45, 7) is 1.93. The fourth-order valence-electron chi connectivity index (χ4n) is 0.452. The van der Waals surface area contributed by atoms with Gasteiger partial charge in [-0.1, -0.05) is 23.7 Å². The average Bonchev–Trinajstić information content (AvgIpc) is 2.15. The third kappa shape index (κ3) is 9.14. The van der Waals surface area contributed by atoms with Gasteiger partial charge in [0.15, 0.2) is 0 Å². The van der Waals surface area contributed by atoms with Crippen molar-refractivity contribution in [1.82, 2.24) is 0 Å². The molecule has 0 aliphatic heterocycles. The fourth-order valence-corrected chi connectivity index (χ4v) is 0.587. The van der Waals surface area contributed by atoms with Gasteiger partial charge < -0.3 is 15.3 Å². The van der Waals surface area contributed by atoms with E-state index in [0.717, 1.165) is 7.11 Å². The first-order chi connectivity index (χ1) is 6.22. The molecule has 0 atom stereocenters. The van der Waals surface area contributed by atoms with Gasteiger partial charge in [0.05, 0.1) is 5.02 Å². The van der Waals surface area contributed by atoms with E-state index in [1.54, 1.807) is 31.2 Å². The van der Waals surface area contributed by atoms with Gasteiger partial charge in [-0.05, 0) is 19.1 Å². The van der Waals surface area contributed by atoms with Crippen LogP contribution in [0, 0.1) is 0 Å². The Kier molecular flexibility index (Phi) is 12.7. The molecule has 3 nitrogen and oxygen atoms in total. The quantitative estimate of drug-likeness (QED) is 0.605. The first-order valence-corrected chi connectivity index (χ1v) is 4.09. The molecule has 1 aromatic rings. The van der Waals surface area contributed by atoms with Gasteiger partial charge in [0.1, 0.15) is 5.75 Å². The molecule has 0 saturated carbocycles. The summed E-state index contributed by atoms with van der Waals surface area (Å²) in [5.74, 6) is 0.133. The zero-order valence-corrected chi connectivity index (χ0v) is 8.49. The van der Waals surface area contributed by atoms with E-state index in [9.17, 15) is 0 Å². The van der Waals surface area contributed by atoms with Crippen molar-refractivity contribution in [2.45, 2.75) is 6.92 Å². The van der Waals surface area contributed by atoms with Crippen LogP contribution < -0.4 is 0 Å². The number of aromatic hydroxyl groups is 1. The Labute approximate surface area is 83.2 Å². The number of rotatable bonds is 0. The number of aliphatic hydroxyl groups is 2. The molecular formula is C9H15ClO3. The van der Waals surface area contributed by atoms with Crippen molar-refractivity contribution >= 4 is 11.6 Å². The molecule has 0 aliphatic rings. The maximum Gasteiger partial charge on any atom is 0.134 e. The second-order valence-corrected chi connectivity index (χ2v) is 2.17. The SMILES string of the molecule is CCO.CO.Oc1ccccc1Cl. The fraction of sp³-hybridized carbons (Fsp3) is 0.333. The lowest BCUT2D eigenvalue weighted by atomic mass is 10.3. The minimum absolute atomic E-state index is 0.133. The molecule has 0 unspecified atom stereocenters. The molecule has 0 heterocycles. The second-order valence-electron chi connectivity index (χ2n) is 1.77. The predicted octanol–water partition coefficient (Wildman–Crippen LogP) is 1.65. The van der Waals surface area contributed by atoms with Gasteiger partial charge in [-0.2, -0.15) is 0 Å². The van der Waals surface area contributed by atoms with Gasteiger partial charge >= 0.3 is 0 Å². The Bertz CT molecular complexity index is 183. The number of aliphatic hydroxyl groups excluding tert-OH is 2. The molecule has 13 heavy (non-hydrogen) atoms. The molecule has 0 spiro atoms. The highest BCUT2D eigenvalue weighted by Gasteiger charge is 1.89. The summed E-state index contributed by atoms with van der Waals surface area (Å²) in [5.41, 5.74) is 0. The average molecular weight is 207 g/mol. The summed E-state index contributed by atoms with van der Waals surface area (Å²) in [6.07, 6.45) is 0. The smallest absolute Gasteiger partial charge is 0.134 e. The number of phenols is 1. The van der Waals surface area contributed by atoms with Gasteiger partial charge in [-0.3, -0.25) is 0 Å². The molecule has 0 aliphatic carbocycles. The van der Waals surface area contributed by atoms with E-state index in [0.29, 0.717) is 5.02 Å². The molecule has 0 saturated heterocycles. The molecule has 0 fully saturated rings. The monoisotopic (exact) mass is 206 g/mol. The molecule has 0 bridgehead atoms. The summed E-state index contributed by atoms with van der Waals surface area (Å²) in [5, 5.41) is 23.8. The molecule has 4 heteroatoms. The number of phenolic OH excluding ortho intramolecular Hbond substituents is 1. The van der Waals surface area contributed by atoms with Gasteiger partial charge in [-0.15, -0.1) is 0 Å². The summed E-state index contributed by atoms with van der Waals surface area (Å²) in [6, 6.07) is 6.67. The minimum atomic E-state index is 0.133. The Balaban J connectivity index is 0. The van der Waals surface area contributed by atoms with Crippen molar-refractivity contribution in [3.63, 3.8) is 0 Å². The zero-order valence-electron chi connectivity index (χ0n) is 7.74. The van der Waals surface area contributed by atoms with Crippen LogP contribution in [0.3, 0.4) is 0 Å². The highest BCUT2D eigenvalue weighted by Crippen LogP contribution is 2.20. The summed E-state index contributed by atoms with van der Waals surface area (Å²) in [7, 11) is 1.00. The molecular weight excluding hydrogens is 192 g/mol. The van der Waals surface area contributed by atoms with E-state index in [4.69, 9.17) is 26.9 Å². The van der Waals surface area contributed by atoms with Crippen LogP contribution in [-0.2, 0) is 0 Å². The van der Waals surface area contributed by atoms with Crippen molar-refractivity contribution in [2.75, 3.05) is 13.7 Å². The van der Waals surface area contributed by atoms with Crippen LogP contribution in [0.5, 0.6) is 5.75 Å². The van der Waals surface area contributed by atoms with E-state index < -0.39 is 0 Å². The van der Waals surface area contributed by atoms with E-state index in [2.05, 4.69) is 0 Å². The predicted molar refractivity (Wildman–Crippen MR) is 54.0 cm³/mol. The van der Waals surface area contributed by atoms with Crippen LogP contribution >= 0.6 is 11.6 Å². The topological polar surface area (TPSA) is 60.7 Å². The van der Waals surface area contributed by atoms with Gasteiger partial charge in [0.2, 0.25) is 0 Å². The van der Waals surface area contributed by atoms with E-state index >= 15 is 0 Å². The molecule has 1 rings (SSSR count). The van der Waals surface area contributed by atoms with Crippen LogP contribution in [0.4, 0.5) is 0 Å². The maximum atomic E-state index is 8.79. The molecule has 3 N–H and O–H groups in total. The Morgan fingerprint density at radius 3 is 1.85 bits per heavy atom. The zero-order chi connectivity index (χ0) is 10.7. The second kappa shape index (κ2) is 11.2. The highest BCUT2D eigenvalue weighted by molar-refractivity contribution is 6.31. The van der Waals surface area contributed by atoms with Crippen LogP contribution in [0.25, 0.3) is 0 Å². The van der Waals surface area contributed by atoms with Crippen molar-refractivity contribution in [2.24, 2.45) is 0 Å². The van der Waals surface area contributed by atoms with Crippen molar-refractivity contribution < 1.29 is 15.3 Å².